The Hall–Kier alpha value is -0.670. The highest BCUT2D eigenvalue weighted by molar-refractivity contribution is 8.00. The first kappa shape index (κ1) is 16.7. The van der Waals surface area contributed by atoms with Crippen molar-refractivity contribution < 1.29 is 4.79 Å². The van der Waals surface area contributed by atoms with E-state index in [2.05, 4.69) is 38.2 Å². The van der Waals surface area contributed by atoms with Crippen LogP contribution in [0.2, 0.25) is 5.02 Å². The van der Waals surface area contributed by atoms with E-state index in [-0.39, 0.29) is 22.6 Å². The van der Waals surface area contributed by atoms with Crippen LogP contribution in [0.25, 0.3) is 0 Å². The third-order valence-electron chi connectivity index (χ3n) is 4.11. The lowest BCUT2D eigenvalue weighted by Gasteiger charge is -2.34. The van der Waals surface area contributed by atoms with E-state index in [0.29, 0.717) is 0 Å². The predicted octanol–water partition coefficient (Wildman–Crippen LogP) is 4.83. The van der Waals surface area contributed by atoms with Gasteiger partial charge in [-0.05, 0) is 62.5 Å². The maximum absolute atomic E-state index is 12.7. The van der Waals surface area contributed by atoms with Crippen molar-refractivity contribution in [2.75, 3.05) is 5.75 Å². The summed E-state index contributed by atoms with van der Waals surface area (Å²) in [7, 11) is 0. The second-order valence-corrected chi connectivity index (χ2v) is 8.32. The smallest absolute Gasteiger partial charge is 0.224 e. The predicted molar refractivity (Wildman–Crippen MR) is 91.9 cm³/mol. The minimum Gasteiger partial charge on any atom is -0.342 e. The molecular weight excluding hydrogens is 302 g/mol. The molecule has 0 aromatic heterocycles. The zero-order valence-corrected chi connectivity index (χ0v) is 14.6. The lowest BCUT2D eigenvalue weighted by molar-refractivity contribution is -0.126. The Balaban J connectivity index is 2.22. The maximum Gasteiger partial charge on any atom is 0.224 e. The number of rotatable bonds is 3. The van der Waals surface area contributed by atoms with Crippen LogP contribution >= 0.6 is 23.4 Å². The lowest BCUT2D eigenvalue weighted by atomic mass is 9.80. The third kappa shape index (κ3) is 4.40. The van der Waals surface area contributed by atoms with Crippen LogP contribution < -0.4 is 5.32 Å². The second-order valence-electron chi connectivity index (χ2n) is 6.16. The van der Waals surface area contributed by atoms with Crippen LogP contribution in [0, 0.1) is 5.92 Å². The number of carbonyl (C=O) groups excluding carboxylic acids is 1. The SMILES string of the molecule is CC[C@@H](c1ccc(Cl)cc1)[C@@H]1CCCSC(C)(C)NC1=O. The summed E-state index contributed by atoms with van der Waals surface area (Å²) in [6.07, 6.45) is 3.01. The molecule has 116 valence electrons. The van der Waals surface area contributed by atoms with E-state index in [1.807, 2.05) is 23.9 Å². The molecule has 1 aromatic rings. The van der Waals surface area contributed by atoms with Gasteiger partial charge < -0.3 is 5.32 Å². The number of nitrogens with one attached hydrogen (secondary N) is 1. The van der Waals surface area contributed by atoms with Crippen LogP contribution in [0.5, 0.6) is 0 Å². The highest BCUT2D eigenvalue weighted by Gasteiger charge is 2.33. The van der Waals surface area contributed by atoms with E-state index in [1.165, 1.54) is 5.56 Å². The molecule has 0 spiro atoms. The van der Waals surface area contributed by atoms with E-state index in [4.69, 9.17) is 11.6 Å². The molecule has 0 bridgehead atoms. The number of thioether (sulfide) groups is 1. The van der Waals surface area contributed by atoms with Gasteiger partial charge in [0.15, 0.2) is 0 Å². The summed E-state index contributed by atoms with van der Waals surface area (Å²) < 4.78 is 0. The first-order valence-corrected chi connectivity index (χ1v) is 9.01. The van der Waals surface area contributed by atoms with Gasteiger partial charge in [-0.15, -0.1) is 11.8 Å². The number of carbonyl (C=O) groups is 1. The molecule has 0 aliphatic carbocycles. The van der Waals surface area contributed by atoms with Crippen LogP contribution in [-0.2, 0) is 4.79 Å². The molecule has 2 atom stereocenters. The number of halogens is 1. The van der Waals surface area contributed by atoms with Gasteiger partial charge in [-0.1, -0.05) is 30.7 Å². The van der Waals surface area contributed by atoms with Crippen molar-refractivity contribution in [2.24, 2.45) is 5.92 Å². The van der Waals surface area contributed by atoms with Gasteiger partial charge >= 0.3 is 0 Å². The molecule has 0 radical (unpaired) electrons. The monoisotopic (exact) mass is 325 g/mol. The van der Waals surface area contributed by atoms with Crippen LogP contribution in [0.15, 0.2) is 24.3 Å². The van der Waals surface area contributed by atoms with Crippen molar-refractivity contribution in [2.45, 2.75) is 50.8 Å². The molecular formula is C17H24ClNOS. The Morgan fingerprint density at radius 2 is 2.05 bits per heavy atom. The Morgan fingerprint density at radius 1 is 1.38 bits per heavy atom. The van der Waals surface area contributed by atoms with Crippen molar-refractivity contribution >= 4 is 29.3 Å². The summed E-state index contributed by atoms with van der Waals surface area (Å²) in [5, 5.41) is 3.95. The first-order valence-electron chi connectivity index (χ1n) is 7.64. The molecule has 0 unspecified atom stereocenters. The van der Waals surface area contributed by atoms with E-state index >= 15 is 0 Å². The average Bonchev–Trinajstić information content (AvgIpc) is 2.42. The molecule has 1 N–H and O–H groups in total. The van der Waals surface area contributed by atoms with E-state index in [0.717, 1.165) is 30.0 Å². The summed E-state index contributed by atoms with van der Waals surface area (Å²) in [5.41, 5.74) is 1.22. The molecule has 1 fully saturated rings. The van der Waals surface area contributed by atoms with Gasteiger partial charge in [-0.3, -0.25) is 4.79 Å². The Labute approximate surface area is 137 Å². The van der Waals surface area contributed by atoms with Crippen molar-refractivity contribution in [3.8, 4) is 0 Å². The van der Waals surface area contributed by atoms with E-state index in [1.54, 1.807) is 0 Å². The fourth-order valence-corrected chi connectivity index (χ4v) is 4.15. The Morgan fingerprint density at radius 3 is 2.67 bits per heavy atom. The molecule has 1 aliphatic heterocycles. The first-order chi connectivity index (χ1) is 9.93. The molecule has 1 aromatic carbocycles. The highest BCUT2D eigenvalue weighted by Crippen LogP contribution is 2.35. The topological polar surface area (TPSA) is 29.1 Å². The number of benzene rings is 1. The van der Waals surface area contributed by atoms with Gasteiger partial charge in [0.25, 0.3) is 0 Å². The summed E-state index contributed by atoms with van der Waals surface area (Å²) in [5.74, 6) is 1.60. The minimum atomic E-state index is -0.173. The largest absolute Gasteiger partial charge is 0.342 e. The number of amides is 1. The summed E-state index contributed by atoms with van der Waals surface area (Å²) >= 11 is 7.81. The fourth-order valence-electron chi connectivity index (χ4n) is 3.03. The zero-order valence-electron chi connectivity index (χ0n) is 13.0. The van der Waals surface area contributed by atoms with E-state index in [9.17, 15) is 4.79 Å². The number of hydrogen-bond donors (Lipinski definition) is 1. The molecule has 1 heterocycles. The van der Waals surface area contributed by atoms with Gasteiger partial charge in [0, 0.05) is 10.9 Å². The maximum atomic E-state index is 12.7. The van der Waals surface area contributed by atoms with Crippen molar-refractivity contribution in [1.29, 1.82) is 0 Å². The Kier molecular flexibility index (Phi) is 5.61. The van der Waals surface area contributed by atoms with Crippen LogP contribution in [0.1, 0.15) is 51.5 Å². The quantitative estimate of drug-likeness (QED) is 0.862. The molecule has 2 nitrogen and oxygen atoms in total. The fraction of sp³-hybridized carbons (Fsp3) is 0.588. The minimum absolute atomic E-state index is 0.0522. The van der Waals surface area contributed by atoms with Crippen LogP contribution in [0.3, 0.4) is 0 Å². The Bertz CT molecular complexity index is 486. The third-order valence-corrected chi connectivity index (χ3v) is 5.68. The van der Waals surface area contributed by atoms with Gasteiger partial charge in [-0.2, -0.15) is 0 Å². The lowest BCUT2D eigenvalue weighted by Crippen LogP contribution is -2.46. The zero-order chi connectivity index (χ0) is 15.5. The second kappa shape index (κ2) is 7.06. The normalized spacial score (nSPS) is 23.8. The van der Waals surface area contributed by atoms with Crippen LogP contribution in [0.4, 0.5) is 0 Å². The van der Waals surface area contributed by atoms with Gasteiger partial charge in [0.05, 0.1) is 4.87 Å². The van der Waals surface area contributed by atoms with Crippen molar-refractivity contribution in [1.82, 2.24) is 5.32 Å². The van der Waals surface area contributed by atoms with E-state index < -0.39 is 0 Å². The summed E-state index contributed by atoms with van der Waals surface area (Å²) in [6, 6.07) is 7.95. The molecule has 1 amide bonds. The molecule has 1 aliphatic rings. The summed E-state index contributed by atoms with van der Waals surface area (Å²) in [6.45, 7) is 6.33. The molecule has 21 heavy (non-hydrogen) atoms. The van der Waals surface area contributed by atoms with Gasteiger partial charge in [-0.25, -0.2) is 0 Å². The number of hydrogen-bond acceptors (Lipinski definition) is 2. The summed E-state index contributed by atoms with van der Waals surface area (Å²) in [4.78, 5) is 12.5. The van der Waals surface area contributed by atoms with Gasteiger partial charge in [0.1, 0.15) is 0 Å². The van der Waals surface area contributed by atoms with Crippen molar-refractivity contribution in [3.63, 3.8) is 0 Å². The standard InChI is InChI=1S/C17H24ClNOS/c1-4-14(12-7-9-13(18)10-8-12)15-6-5-11-21-17(2,3)19-16(15)20/h7-10,14-15H,4-6,11H2,1-3H3,(H,19,20)/t14-,15-/m0/s1. The van der Waals surface area contributed by atoms with Gasteiger partial charge in [0.2, 0.25) is 5.91 Å². The molecule has 0 saturated carbocycles. The van der Waals surface area contributed by atoms with Crippen molar-refractivity contribution in [3.05, 3.63) is 34.9 Å². The molecule has 4 heteroatoms. The highest BCUT2D eigenvalue weighted by atomic mass is 35.5. The average molecular weight is 326 g/mol. The van der Waals surface area contributed by atoms with Crippen LogP contribution in [-0.4, -0.2) is 16.5 Å². The molecule has 1 saturated heterocycles. The molecule has 2 rings (SSSR count).